The van der Waals surface area contributed by atoms with Crippen LogP contribution in [0.25, 0.3) is 0 Å². The zero-order valence-electron chi connectivity index (χ0n) is 32.3. The average molecular weight is 776 g/mol. The minimum Gasteiger partial charge on any atom is -0.458 e. The molecule has 2 aliphatic carbocycles. The number of carbonyl (C=O) groups is 6. The van der Waals surface area contributed by atoms with Crippen molar-refractivity contribution in [3.63, 3.8) is 0 Å². The van der Waals surface area contributed by atoms with Crippen molar-refractivity contribution in [2.75, 3.05) is 19.8 Å². The van der Waals surface area contributed by atoms with Crippen molar-refractivity contribution in [1.29, 1.82) is 0 Å². The molecule has 0 aromatic rings. The summed E-state index contributed by atoms with van der Waals surface area (Å²) in [6, 6.07) is 0. The van der Waals surface area contributed by atoms with Crippen LogP contribution in [0.2, 0.25) is 0 Å². The topological polar surface area (TPSA) is 176 Å². The lowest BCUT2D eigenvalue weighted by molar-refractivity contribution is -0.140. The van der Waals surface area contributed by atoms with Crippen LogP contribution in [0.1, 0.15) is 90.9 Å². The van der Waals surface area contributed by atoms with Gasteiger partial charge in [-0.1, -0.05) is 31.7 Å². The first-order valence-corrected chi connectivity index (χ1v) is 19.8. The molecule has 0 saturated carbocycles. The van der Waals surface area contributed by atoms with Crippen molar-refractivity contribution >= 4 is 35.6 Å². The molecule has 8 atom stereocenters. The van der Waals surface area contributed by atoms with E-state index < -0.39 is 17.8 Å². The molecule has 13 heteroatoms. The first-order chi connectivity index (χ1) is 26.8. The molecule has 6 rings (SSSR count). The van der Waals surface area contributed by atoms with Crippen LogP contribution in [0.4, 0.5) is 0 Å². The van der Waals surface area contributed by atoms with E-state index in [4.69, 9.17) is 28.4 Å². The van der Waals surface area contributed by atoms with E-state index in [1.165, 1.54) is 6.08 Å². The number of allylic oxidation sites excluding steroid dienone is 3. The van der Waals surface area contributed by atoms with Crippen LogP contribution in [-0.2, 0) is 57.2 Å². The number of amides is 1. The predicted molar refractivity (Wildman–Crippen MR) is 201 cm³/mol. The van der Waals surface area contributed by atoms with Gasteiger partial charge in [-0.3, -0.25) is 9.59 Å². The molecule has 6 aliphatic rings. The Labute approximate surface area is 327 Å². The third-order valence-corrected chi connectivity index (χ3v) is 11.9. The molecule has 56 heavy (non-hydrogen) atoms. The third kappa shape index (κ3) is 10.2. The first kappa shape index (κ1) is 41.0. The Morgan fingerprint density at radius 3 is 1.77 bits per heavy atom. The molecule has 0 spiro atoms. The zero-order chi connectivity index (χ0) is 40.0. The van der Waals surface area contributed by atoms with E-state index in [0.29, 0.717) is 62.6 Å². The van der Waals surface area contributed by atoms with Gasteiger partial charge in [0.25, 0.3) is 0 Å². The second-order valence-electron chi connectivity index (χ2n) is 16.0. The van der Waals surface area contributed by atoms with Crippen molar-refractivity contribution in [1.82, 2.24) is 5.32 Å². The lowest BCUT2D eigenvalue weighted by atomic mass is 9.84. The maximum Gasteiger partial charge on any atom is 0.334 e. The highest BCUT2D eigenvalue weighted by molar-refractivity contribution is 5.96. The maximum absolute atomic E-state index is 12.4. The van der Waals surface area contributed by atoms with E-state index in [2.05, 4.69) is 30.6 Å². The molecule has 13 nitrogen and oxygen atoms in total. The summed E-state index contributed by atoms with van der Waals surface area (Å²) >= 11 is 0. The number of fused-ring (bicyclic) bond motifs is 6. The van der Waals surface area contributed by atoms with Gasteiger partial charge in [-0.05, 0) is 95.3 Å². The molecule has 0 radical (unpaired) electrons. The molecule has 1 amide bonds. The quantitative estimate of drug-likeness (QED) is 0.0629. The van der Waals surface area contributed by atoms with Crippen molar-refractivity contribution < 1.29 is 57.2 Å². The lowest BCUT2D eigenvalue weighted by Crippen LogP contribution is -2.29. The van der Waals surface area contributed by atoms with E-state index in [-0.39, 0.29) is 84.8 Å². The van der Waals surface area contributed by atoms with Crippen molar-refractivity contribution in [3.05, 3.63) is 71.9 Å². The molecule has 0 bridgehead atoms. The largest absolute Gasteiger partial charge is 0.458 e. The minimum absolute atomic E-state index is 0.0767. The summed E-state index contributed by atoms with van der Waals surface area (Å²) in [5.74, 6) is -2.93. The van der Waals surface area contributed by atoms with Gasteiger partial charge in [-0.2, -0.15) is 0 Å². The summed E-state index contributed by atoms with van der Waals surface area (Å²) < 4.78 is 33.9. The van der Waals surface area contributed by atoms with Crippen molar-refractivity contribution in [2.45, 2.75) is 127 Å². The van der Waals surface area contributed by atoms with Crippen molar-refractivity contribution in [2.24, 2.45) is 11.8 Å². The molecule has 4 fully saturated rings. The van der Waals surface area contributed by atoms with Gasteiger partial charge in [0.2, 0.25) is 5.91 Å². The van der Waals surface area contributed by atoms with Gasteiger partial charge < -0.3 is 33.7 Å². The Balaban J connectivity index is 0.818. The van der Waals surface area contributed by atoms with Crippen LogP contribution < -0.4 is 5.32 Å². The summed E-state index contributed by atoms with van der Waals surface area (Å²) in [5, 5.41) is 2.72. The zero-order valence-corrected chi connectivity index (χ0v) is 32.3. The molecule has 4 saturated heterocycles. The van der Waals surface area contributed by atoms with E-state index in [0.717, 1.165) is 55.1 Å². The number of hydrogen-bond donors (Lipinski definition) is 1. The number of carbonyl (C=O) groups excluding carboxylic acids is 6. The van der Waals surface area contributed by atoms with E-state index >= 15 is 0 Å². The van der Waals surface area contributed by atoms with E-state index in [9.17, 15) is 28.8 Å². The number of epoxide rings is 2. The highest BCUT2D eigenvalue weighted by Crippen LogP contribution is 2.51. The molecule has 4 aliphatic heterocycles. The summed E-state index contributed by atoms with van der Waals surface area (Å²) in [6.45, 7) is 12.4. The van der Waals surface area contributed by atoms with Gasteiger partial charge in [0.05, 0.1) is 11.2 Å². The molecule has 0 unspecified atom stereocenters. The SMILES string of the molecule is C=C1C(=O)O[C@H]2[C@H]1CC/C(COC(=O)/C=C/C(=O)CCCCCNC(=O)/C=C/C(=O)OC/C1=C/CC[C@@]3(C)O[C@H]3[C@H]3OC(=O)C(=C)[C@@H]3CC1)=C\CC[C@@]1(C)O[C@@H]21. The van der Waals surface area contributed by atoms with E-state index in [1.54, 1.807) is 0 Å². The Kier molecular flexibility index (Phi) is 12.9. The summed E-state index contributed by atoms with van der Waals surface area (Å²) in [4.78, 5) is 73.6. The number of ketones is 1. The molecular formula is C43H53NO12. The van der Waals surface area contributed by atoms with Crippen LogP contribution in [0.5, 0.6) is 0 Å². The minimum atomic E-state index is -0.639. The van der Waals surface area contributed by atoms with Crippen LogP contribution in [0.3, 0.4) is 0 Å². The summed E-state index contributed by atoms with van der Waals surface area (Å²) in [5.41, 5.74) is 2.07. The highest BCUT2D eigenvalue weighted by atomic mass is 16.7. The number of nitrogens with one attached hydrogen (secondary N) is 1. The normalized spacial score (nSPS) is 34.3. The van der Waals surface area contributed by atoms with Crippen LogP contribution in [0, 0.1) is 11.8 Å². The van der Waals surface area contributed by atoms with Gasteiger partial charge in [-0.25, -0.2) is 19.2 Å². The molecule has 302 valence electrons. The maximum atomic E-state index is 12.4. The molecular weight excluding hydrogens is 722 g/mol. The first-order valence-electron chi connectivity index (χ1n) is 19.8. The standard InChI is InChI=1S/C43H53NO12/c1-26-31-16-13-28(10-8-21-42(3)38(55-42)36(31)53-40(26)49)24-51-34(47)19-15-30(45)12-6-5-7-23-44-33(46)18-20-35(48)52-25-29-11-9-22-43(4)39(56-43)37-32(17-14-29)27(2)41(50)54-37/h10-11,15,18-20,31-32,36-39H,1-2,5-9,12-14,16-17,21-25H2,3-4H3,(H,44,46)/b19-15+,20-18+,28-10+,29-11+/t31-,32-,36-,37-,38-,39-,42+,43+/m0/s1. The summed E-state index contributed by atoms with van der Waals surface area (Å²) in [7, 11) is 0. The third-order valence-electron chi connectivity index (χ3n) is 11.9. The molecule has 1 N–H and O–H groups in total. The second-order valence-corrected chi connectivity index (χ2v) is 16.0. The Bertz CT molecular complexity index is 1630. The number of unbranched alkanes of at least 4 members (excludes halogenated alkanes) is 2. The Morgan fingerprint density at radius 2 is 1.25 bits per heavy atom. The fraction of sp³-hybridized carbons (Fsp3) is 0.581. The molecule has 4 heterocycles. The number of hydrogen-bond acceptors (Lipinski definition) is 12. The smallest absolute Gasteiger partial charge is 0.334 e. The summed E-state index contributed by atoms with van der Waals surface area (Å²) in [6.07, 6.45) is 15.4. The van der Waals surface area contributed by atoms with Crippen LogP contribution >= 0.6 is 0 Å². The second kappa shape index (κ2) is 17.7. The Morgan fingerprint density at radius 1 is 0.750 bits per heavy atom. The monoisotopic (exact) mass is 775 g/mol. The van der Waals surface area contributed by atoms with Gasteiger partial charge in [0, 0.05) is 54.2 Å². The number of rotatable bonds is 14. The average Bonchev–Trinajstić information content (AvgIpc) is 3.98. The van der Waals surface area contributed by atoms with Gasteiger partial charge in [0.1, 0.15) is 37.6 Å². The molecule has 0 aromatic carbocycles. The van der Waals surface area contributed by atoms with Crippen LogP contribution in [-0.4, -0.2) is 90.9 Å². The van der Waals surface area contributed by atoms with Gasteiger partial charge in [-0.15, -0.1) is 0 Å². The fourth-order valence-electron chi connectivity index (χ4n) is 8.19. The van der Waals surface area contributed by atoms with E-state index in [1.807, 2.05) is 13.8 Å². The number of esters is 4. The predicted octanol–water partition coefficient (Wildman–Crippen LogP) is 4.94. The highest BCUT2D eigenvalue weighted by Gasteiger charge is 2.62. The number of ether oxygens (including phenoxy) is 6. The lowest BCUT2D eigenvalue weighted by Gasteiger charge is -2.20. The van der Waals surface area contributed by atoms with Gasteiger partial charge >= 0.3 is 23.9 Å². The van der Waals surface area contributed by atoms with Crippen molar-refractivity contribution in [3.8, 4) is 0 Å². The van der Waals surface area contributed by atoms with Gasteiger partial charge in [0.15, 0.2) is 5.78 Å². The fourth-order valence-corrected chi connectivity index (χ4v) is 8.19. The van der Waals surface area contributed by atoms with Crippen LogP contribution in [0.15, 0.2) is 71.9 Å². The molecule has 0 aromatic heterocycles. The Hall–Kier alpha value is -4.62.